The molecule has 1 saturated carbocycles. The van der Waals surface area contributed by atoms with Crippen molar-refractivity contribution in [3.63, 3.8) is 0 Å². The number of methoxy groups -OCH3 is 1. The average Bonchev–Trinajstić information content (AvgIpc) is 3.12. The second-order valence-corrected chi connectivity index (χ2v) is 15.6. The van der Waals surface area contributed by atoms with E-state index in [9.17, 15) is 13.2 Å². The van der Waals surface area contributed by atoms with Gasteiger partial charge in [-0.05, 0) is 111 Å². The molecule has 6 rings (SSSR count). The van der Waals surface area contributed by atoms with Crippen LogP contribution in [0.15, 0.2) is 48.6 Å². The Morgan fingerprint density at radius 2 is 2.00 bits per heavy atom. The number of aryl methyl sites for hydroxylation is 1. The van der Waals surface area contributed by atoms with Crippen molar-refractivity contribution in [2.24, 2.45) is 17.8 Å². The lowest BCUT2D eigenvalue weighted by molar-refractivity contribution is 0.0130. The topological polar surface area (TPSA) is 84.9 Å². The summed E-state index contributed by atoms with van der Waals surface area (Å²) in [6, 6.07) is 11.6. The quantitative estimate of drug-likeness (QED) is 0.395. The van der Waals surface area contributed by atoms with Gasteiger partial charge in [-0.1, -0.05) is 36.7 Å². The molecule has 0 radical (unpaired) electrons. The minimum absolute atomic E-state index is 0.0344. The molecule has 2 aliphatic carbocycles. The molecule has 2 aliphatic heterocycles. The molecule has 4 aliphatic rings. The van der Waals surface area contributed by atoms with Crippen LogP contribution in [0.4, 0.5) is 5.69 Å². The number of anilines is 1. The molecular formula is C34H43ClN2O5S. The summed E-state index contributed by atoms with van der Waals surface area (Å²) in [7, 11) is -2.11. The van der Waals surface area contributed by atoms with Crippen LogP contribution in [0.1, 0.15) is 73.9 Å². The van der Waals surface area contributed by atoms with Crippen LogP contribution in [0.5, 0.6) is 5.75 Å². The second kappa shape index (κ2) is 12.1. The summed E-state index contributed by atoms with van der Waals surface area (Å²) in [4.78, 5) is 15.8. The van der Waals surface area contributed by atoms with Crippen molar-refractivity contribution in [2.75, 3.05) is 31.7 Å². The SMILES string of the molecule is CC[C@H]1/C=C/[C@H](OC)[C@@H]2CC[C@H]2CN2C[C@@]3(CCCc4cc(Cl)ccc43)COc3ccc(cc32)C(=O)NS(=O)(=O)[C@H](C)C1. The van der Waals surface area contributed by atoms with Crippen LogP contribution in [0, 0.1) is 17.8 Å². The highest BCUT2D eigenvalue weighted by atomic mass is 35.5. The van der Waals surface area contributed by atoms with Gasteiger partial charge in [-0.2, -0.15) is 0 Å². The van der Waals surface area contributed by atoms with Gasteiger partial charge >= 0.3 is 0 Å². The number of benzene rings is 2. The third-order valence-corrected chi connectivity index (χ3v) is 12.4. The molecule has 6 atom stereocenters. The fourth-order valence-corrected chi connectivity index (χ4v) is 8.95. The first-order valence-corrected chi connectivity index (χ1v) is 17.6. The number of hydrogen-bond acceptors (Lipinski definition) is 6. The van der Waals surface area contributed by atoms with E-state index < -0.39 is 21.2 Å². The summed E-state index contributed by atoms with van der Waals surface area (Å²) in [6.07, 6.45) is 10.7. The van der Waals surface area contributed by atoms with Crippen LogP contribution in [0.3, 0.4) is 0 Å². The van der Waals surface area contributed by atoms with Gasteiger partial charge in [0.2, 0.25) is 10.0 Å². The molecule has 2 aromatic rings. The van der Waals surface area contributed by atoms with Gasteiger partial charge in [-0.3, -0.25) is 4.79 Å². The Bertz CT molecular complexity index is 1510. The molecule has 43 heavy (non-hydrogen) atoms. The van der Waals surface area contributed by atoms with E-state index >= 15 is 0 Å². The Labute approximate surface area is 261 Å². The van der Waals surface area contributed by atoms with Crippen LogP contribution >= 0.6 is 11.6 Å². The molecule has 0 unspecified atom stereocenters. The summed E-state index contributed by atoms with van der Waals surface area (Å²) in [5.74, 6) is 0.953. The van der Waals surface area contributed by atoms with Crippen molar-refractivity contribution in [1.82, 2.24) is 4.72 Å². The molecule has 2 aromatic carbocycles. The minimum Gasteiger partial charge on any atom is -0.490 e. The zero-order chi connectivity index (χ0) is 30.4. The number of nitrogens with zero attached hydrogens (tertiary/aromatic N) is 1. The molecular weight excluding hydrogens is 584 g/mol. The molecule has 2 heterocycles. The fourth-order valence-electron chi connectivity index (χ4n) is 7.68. The third kappa shape index (κ3) is 5.95. The van der Waals surface area contributed by atoms with Crippen molar-refractivity contribution < 1.29 is 22.7 Å². The maximum atomic E-state index is 13.4. The van der Waals surface area contributed by atoms with E-state index in [1.54, 1.807) is 20.1 Å². The molecule has 1 N–H and O–H groups in total. The predicted molar refractivity (Wildman–Crippen MR) is 171 cm³/mol. The lowest BCUT2D eigenvalue weighted by Crippen LogP contribution is -2.49. The van der Waals surface area contributed by atoms with Gasteiger partial charge < -0.3 is 14.4 Å². The number of rotatable bonds is 2. The molecule has 1 fully saturated rings. The molecule has 9 heteroatoms. The van der Waals surface area contributed by atoms with E-state index in [1.807, 2.05) is 18.2 Å². The van der Waals surface area contributed by atoms with Crippen molar-refractivity contribution in [1.29, 1.82) is 0 Å². The number of carbonyl (C=O) groups excluding carboxylic acids is 1. The van der Waals surface area contributed by atoms with Crippen molar-refractivity contribution in [3.05, 3.63) is 70.3 Å². The molecule has 0 aromatic heterocycles. The molecule has 1 amide bonds. The Kier molecular flexibility index (Phi) is 8.57. The maximum absolute atomic E-state index is 13.4. The summed E-state index contributed by atoms with van der Waals surface area (Å²) < 4.78 is 41.5. The van der Waals surface area contributed by atoms with Crippen LogP contribution < -0.4 is 14.4 Å². The number of hydrogen-bond donors (Lipinski definition) is 1. The first kappa shape index (κ1) is 30.5. The van der Waals surface area contributed by atoms with E-state index in [1.165, 1.54) is 11.1 Å². The highest BCUT2D eigenvalue weighted by molar-refractivity contribution is 7.90. The van der Waals surface area contributed by atoms with Crippen LogP contribution in [0.25, 0.3) is 0 Å². The van der Waals surface area contributed by atoms with Gasteiger partial charge in [0.1, 0.15) is 5.75 Å². The Hall–Kier alpha value is -2.55. The van der Waals surface area contributed by atoms with Gasteiger partial charge in [-0.15, -0.1) is 0 Å². The highest BCUT2D eigenvalue weighted by Crippen LogP contribution is 2.47. The number of sulfonamides is 1. The smallest absolute Gasteiger partial charge is 0.264 e. The largest absolute Gasteiger partial charge is 0.490 e. The van der Waals surface area contributed by atoms with E-state index in [2.05, 4.69) is 40.8 Å². The normalized spacial score (nSPS) is 32.8. The average molecular weight is 627 g/mol. The van der Waals surface area contributed by atoms with E-state index in [0.29, 0.717) is 30.4 Å². The van der Waals surface area contributed by atoms with Crippen LogP contribution in [-0.4, -0.2) is 52.5 Å². The standard InChI is InChI=1S/C34H43ClN2O5S/c1-4-23-7-13-31(41-3)28-11-8-26(28)19-37-20-34(15-5-6-24-17-27(35)10-12-29(24)34)21-42-32-14-9-25(18-30(32)37)33(38)36-43(39,40)22(2)16-23/h7,9-10,12-14,17-18,22-23,26,28,31H,4-6,8,11,15-16,19-21H2,1-3H3,(H,36,38)/b13-7+/t22-,23+,26+,28-,31+,34+/m1/s1. The monoisotopic (exact) mass is 626 g/mol. The number of allylic oxidation sites excluding steroid dienone is 1. The van der Waals surface area contributed by atoms with Crippen molar-refractivity contribution >= 4 is 33.2 Å². The second-order valence-electron chi connectivity index (χ2n) is 13.1. The van der Waals surface area contributed by atoms with E-state index in [0.717, 1.165) is 68.1 Å². The summed E-state index contributed by atoms with van der Waals surface area (Å²) in [5, 5.41) is 0.0247. The summed E-state index contributed by atoms with van der Waals surface area (Å²) >= 11 is 6.41. The predicted octanol–water partition coefficient (Wildman–Crippen LogP) is 6.29. The van der Waals surface area contributed by atoms with Gasteiger partial charge in [0.05, 0.1) is 23.6 Å². The molecule has 0 saturated heterocycles. The number of carbonyl (C=O) groups is 1. The zero-order valence-electron chi connectivity index (χ0n) is 25.4. The highest BCUT2D eigenvalue weighted by Gasteiger charge is 2.44. The Balaban J connectivity index is 1.43. The van der Waals surface area contributed by atoms with E-state index in [-0.39, 0.29) is 17.4 Å². The molecule has 2 bridgehead atoms. The minimum atomic E-state index is -3.88. The number of ether oxygens (including phenoxy) is 2. The zero-order valence-corrected chi connectivity index (χ0v) is 26.9. The molecule has 232 valence electrons. The van der Waals surface area contributed by atoms with E-state index in [4.69, 9.17) is 21.1 Å². The van der Waals surface area contributed by atoms with Gasteiger partial charge in [0, 0.05) is 36.2 Å². The number of fused-ring (bicyclic) bond motifs is 4. The summed E-state index contributed by atoms with van der Waals surface area (Å²) in [6.45, 7) is 5.81. The van der Waals surface area contributed by atoms with Gasteiger partial charge in [-0.25, -0.2) is 13.1 Å². The van der Waals surface area contributed by atoms with Gasteiger partial charge in [0.15, 0.2) is 0 Å². The van der Waals surface area contributed by atoms with Crippen LogP contribution in [-0.2, 0) is 26.6 Å². The number of nitrogens with one attached hydrogen (secondary N) is 1. The van der Waals surface area contributed by atoms with Crippen LogP contribution in [0.2, 0.25) is 5.02 Å². The first-order valence-electron chi connectivity index (χ1n) is 15.7. The third-order valence-electron chi connectivity index (χ3n) is 10.4. The van der Waals surface area contributed by atoms with Crippen molar-refractivity contribution in [3.8, 4) is 5.75 Å². The molecule has 1 spiro atoms. The fraction of sp³-hybridized carbons (Fsp3) is 0.559. The lowest BCUT2D eigenvalue weighted by Gasteiger charge is -2.46. The number of amides is 1. The number of halogens is 1. The lowest BCUT2D eigenvalue weighted by atomic mass is 9.68. The Morgan fingerprint density at radius 3 is 2.74 bits per heavy atom. The summed E-state index contributed by atoms with van der Waals surface area (Å²) in [5.41, 5.74) is 3.49. The van der Waals surface area contributed by atoms with Gasteiger partial charge in [0.25, 0.3) is 5.91 Å². The van der Waals surface area contributed by atoms with Crippen molar-refractivity contribution in [2.45, 2.75) is 75.6 Å². The Morgan fingerprint density at radius 1 is 1.16 bits per heavy atom. The first-order chi connectivity index (χ1) is 20.6. The molecule has 7 nitrogen and oxygen atoms in total. The maximum Gasteiger partial charge on any atom is 0.264 e.